The maximum Gasteiger partial charge on any atom is 0.222 e. The predicted molar refractivity (Wildman–Crippen MR) is 75.1 cm³/mol. The highest BCUT2D eigenvalue weighted by Crippen LogP contribution is 2.11. The molecule has 0 aromatic rings. The average Bonchev–Trinajstić information content (AvgIpc) is 2.38. The molecular formula is C12H25N3O3S. The summed E-state index contributed by atoms with van der Waals surface area (Å²) >= 11 is 0. The van der Waals surface area contributed by atoms with E-state index in [1.807, 2.05) is 13.8 Å². The monoisotopic (exact) mass is 291 g/mol. The van der Waals surface area contributed by atoms with Crippen LogP contribution in [0.3, 0.4) is 0 Å². The molecule has 0 aliphatic carbocycles. The van der Waals surface area contributed by atoms with E-state index in [0.717, 1.165) is 0 Å². The van der Waals surface area contributed by atoms with Gasteiger partial charge in [0, 0.05) is 32.6 Å². The van der Waals surface area contributed by atoms with E-state index in [-0.39, 0.29) is 17.6 Å². The van der Waals surface area contributed by atoms with Gasteiger partial charge in [-0.1, -0.05) is 13.8 Å². The Hall–Kier alpha value is -0.660. The van der Waals surface area contributed by atoms with E-state index in [9.17, 15) is 13.2 Å². The third kappa shape index (κ3) is 4.74. The zero-order valence-electron chi connectivity index (χ0n) is 11.8. The highest BCUT2D eigenvalue weighted by atomic mass is 32.2. The average molecular weight is 291 g/mol. The zero-order valence-corrected chi connectivity index (χ0v) is 12.7. The van der Waals surface area contributed by atoms with Gasteiger partial charge in [-0.15, -0.1) is 0 Å². The third-order valence-corrected chi connectivity index (χ3v) is 5.45. The summed E-state index contributed by atoms with van der Waals surface area (Å²) in [6, 6.07) is 0. The van der Waals surface area contributed by atoms with E-state index in [1.54, 1.807) is 4.90 Å². The Balaban J connectivity index is 2.47. The number of carbonyl (C=O) groups excluding carboxylic acids is 1. The molecule has 1 saturated heterocycles. The van der Waals surface area contributed by atoms with Gasteiger partial charge in [0.25, 0.3) is 0 Å². The second kappa shape index (κ2) is 7.21. The van der Waals surface area contributed by atoms with Crippen molar-refractivity contribution >= 4 is 15.9 Å². The molecule has 0 aromatic carbocycles. The van der Waals surface area contributed by atoms with Gasteiger partial charge in [-0.2, -0.15) is 4.31 Å². The van der Waals surface area contributed by atoms with E-state index >= 15 is 0 Å². The molecule has 2 N–H and O–H groups in total. The van der Waals surface area contributed by atoms with Gasteiger partial charge >= 0.3 is 0 Å². The number of piperazine rings is 1. The summed E-state index contributed by atoms with van der Waals surface area (Å²) in [6.07, 6.45) is 1.06. The molecule has 1 amide bonds. The fourth-order valence-corrected chi connectivity index (χ4v) is 3.61. The Bertz CT molecular complexity index is 389. The van der Waals surface area contributed by atoms with Crippen molar-refractivity contribution in [2.24, 2.45) is 11.7 Å². The highest BCUT2D eigenvalue weighted by molar-refractivity contribution is 7.89. The Kier molecular flexibility index (Phi) is 6.22. The minimum absolute atomic E-state index is 0.0745. The van der Waals surface area contributed by atoms with Crippen LogP contribution in [0.25, 0.3) is 0 Å². The Morgan fingerprint density at radius 1 is 1.26 bits per heavy atom. The minimum atomic E-state index is -3.13. The number of rotatable bonds is 6. The summed E-state index contributed by atoms with van der Waals surface area (Å²) in [5.41, 5.74) is 5.50. The van der Waals surface area contributed by atoms with Crippen LogP contribution in [0.4, 0.5) is 0 Å². The van der Waals surface area contributed by atoms with Gasteiger partial charge in [0.2, 0.25) is 15.9 Å². The van der Waals surface area contributed by atoms with E-state index in [2.05, 4.69) is 0 Å². The van der Waals surface area contributed by atoms with Crippen molar-refractivity contribution in [3.63, 3.8) is 0 Å². The molecule has 1 fully saturated rings. The van der Waals surface area contributed by atoms with E-state index in [1.165, 1.54) is 4.31 Å². The van der Waals surface area contributed by atoms with Crippen LogP contribution in [0.15, 0.2) is 0 Å². The molecule has 1 rings (SSSR count). The number of nitrogens with zero attached hydrogens (tertiary/aromatic N) is 2. The topological polar surface area (TPSA) is 83.7 Å². The lowest BCUT2D eigenvalue weighted by Crippen LogP contribution is -2.51. The van der Waals surface area contributed by atoms with Gasteiger partial charge < -0.3 is 10.6 Å². The molecule has 6 nitrogen and oxygen atoms in total. The van der Waals surface area contributed by atoms with Crippen LogP contribution < -0.4 is 5.73 Å². The fourth-order valence-electron chi connectivity index (χ4n) is 2.11. The summed E-state index contributed by atoms with van der Waals surface area (Å²) < 4.78 is 25.3. The Morgan fingerprint density at radius 3 is 2.32 bits per heavy atom. The Labute approximate surface area is 116 Å². The summed E-state index contributed by atoms with van der Waals surface area (Å²) in [4.78, 5) is 13.7. The van der Waals surface area contributed by atoms with Gasteiger partial charge in [0.1, 0.15) is 0 Å². The molecular weight excluding hydrogens is 266 g/mol. The number of carbonyl (C=O) groups is 1. The van der Waals surface area contributed by atoms with Crippen molar-refractivity contribution in [1.29, 1.82) is 0 Å². The second-order valence-electron chi connectivity index (χ2n) is 5.14. The van der Waals surface area contributed by atoms with Crippen LogP contribution >= 0.6 is 0 Å². The zero-order chi connectivity index (χ0) is 14.5. The SMILES string of the molecule is CCCS(=O)(=O)N1CCN(C(=O)CC(C)CN)CC1. The fraction of sp³-hybridized carbons (Fsp3) is 0.917. The van der Waals surface area contributed by atoms with Crippen LogP contribution in [-0.2, 0) is 14.8 Å². The highest BCUT2D eigenvalue weighted by Gasteiger charge is 2.28. The summed E-state index contributed by atoms with van der Waals surface area (Å²) in [5.74, 6) is 0.436. The van der Waals surface area contributed by atoms with Gasteiger partial charge in [0.05, 0.1) is 5.75 Å². The van der Waals surface area contributed by atoms with Crippen LogP contribution in [0.1, 0.15) is 26.7 Å². The molecule has 0 bridgehead atoms. The van der Waals surface area contributed by atoms with Gasteiger partial charge in [-0.25, -0.2) is 8.42 Å². The maximum atomic E-state index is 12.0. The molecule has 1 aliphatic rings. The molecule has 7 heteroatoms. The van der Waals surface area contributed by atoms with Crippen molar-refractivity contribution in [2.45, 2.75) is 26.7 Å². The largest absolute Gasteiger partial charge is 0.340 e. The van der Waals surface area contributed by atoms with Crippen molar-refractivity contribution < 1.29 is 13.2 Å². The van der Waals surface area contributed by atoms with E-state index < -0.39 is 10.0 Å². The van der Waals surface area contributed by atoms with Crippen molar-refractivity contribution in [3.05, 3.63) is 0 Å². The first-order chi connectivity index (χ1) is 8.90. The third-order valence-electron chi connectivity index (χ3n) is 3.37. The first-order valence-corrected chi connectivity index (χ1v) is 8.47. The molecule has 112 valence electrons. The first kappa shape index (κ1) is 16.4. The van der Waals surface area contributed by atoms with Crippen molar-refractivity contribution in [3.8, 4) is 0 Å². The van der Waals surface area contributed by atoms with Crippen LogP contribution in [0.2, 0.25) is 0 Å². The number of nitrogens with two attached hydrogens (primary N) is 1. The molecule has 1 unspecified atom stereocenters. The predicted octanol–water partition coefficient (Wildman–Crippen LogP) is -0.145. The molecule has 0 saturated carbocycles. The molecule has 1 heterocycles. The molecule has 1 atom stereocenters. The summed E-state index contributed by atoms with van der Waals surface area (Å²) in [7, 11) is -3.13. The lowest BCUT2D eigenvalue weighted by molar-refractivity contribution is -0.133. The van der Waals surface area contributed by atoms with E-state index in [4.69, 9.17) is 5.73 Å². The van der Waals surface area contributed by atoms with Crippen LogP contribution in [-0.4, -0.2) is 62.0 Å². The number of hydrogen-bond donors (Lipinski definition) is 1. The quantitative estimate of drug-likeness (QED) is 0.738. The number of amides is 1. The number of sulfonamides is 1. The summed E-state index contributed by atoms with van der Waals surface area (Å²) in [6.45, 7) is 6.08. The van der Waals surface area contributed by atoms with Crippen molar-refractivity contribution in [2.75, 3.05) is 38.5 Å². The number of hydrogen-bond acceptors (Lipinski definition) is 4. The standard InChI is InChI=1S/C12H25N3O3S/c1-3-8-19(17,18)15-6-4-14(5-7-15)12(16)9-11(2)10-13/h11H,3-10,13H2,1-2H3. The first-order valence-electron chi connectivity index (χ1n) is 6.86. The molecule has 0 radical (unpaired) electrons. The van der Waals surface area contributed by atoms with Gasteiger partial charge in [-0.05, 0) is 18.9 Å². The van der Waals surface area contributed by atoms with E-state index in [0.29, 0.717) is 45.6 Å². The second-order valence-corrected chi connectivity index (χ2v) is 7.23. The smallest absolute Gasteiger partial charge is 0.222 e. The van der Waals surface area contributed by atoms with Crippen molar-refractivity contribution in [1.82, 2.24) is 9.21 Å². The van der Waals surface area contributed by atoms with Gasteiger partial charge in [0.15, 0.2) is 0 Å². The Morgan fingerprint density at radius 2 is 1.84 bits per heavy atom. The molecule has 19 heavy (non-hydrogen) atoms. The molecule has 0 spiro atoms. The van der Waals surface area contributed by atoms with Crippen LogP contribution in [0, 0.1) is 5.92 Å². The lowest BCUT2D eigenvalue weighted by atomic mass is 10.1. The van der Waals surface area contributed by atoms with Gasteiger partial charge in [-0.3, -0.25) is 4.79 Å². The molecule has 1 aliphatic heterocycles. The summed E-state index contributed by atoms with van der Waals surface area (Å²) in [5, 5.41) is 0. The van der Waals surface area contributed by atoms with Crippen LogP contribution in [0.5, 0.6) is 0 Å². The maximum absolute atomic E-state index is 12.0. The minimum Gasteiger partial charge on any atom is -0.340 e. The lowest BCUT2D eigenvalue weighted by Gasteiger charge is -2.34. The normalized spacial score (nSPS) is 19.4. The molecule has 0 aromatic heterocycles.